The molecule has 17 heavy (non-hydrogen) atoms. The molecule has 1 aliphatic carbocycles. The molecule has 0 spiro atoms. The number of nitrogens with zero attached hydrogens (tertiary/aromatic N) is 1. The van der Waals surface area contributed by atoms with Gasteiger partial charge in [-0.15, -0.1) is 11.6 Å². The Balaban J connectivity index is 1.59. The first kappa shape index (κ1) is 13.6. The quantitative estimate of drug-likeness (QED) is 0.780. The monoisotopic (exact) mass is 258 g/mol. The largest absolute Gasteiger partial charge is 0.314 e. The molecule has 1 N–H and O–H groups in total. The highest BCUT2D eigenvalue weighted by Gasteiger charge is 2.21. The molecule has 1 atom stereocenters. The zero-order valence-corrected chi connectivity index (χ0v) is 11.9. The molecule has 2 fully saturated rings. The van der Waals surface area contributed by atoms with E-state index in [1.807, 2.05) is 0 Å². The number of alkyl halides is 1. The van der Waals surface area contributed by atoms with Gasteiger partial charge in [-0.1, -0.05) is 6.42 Å². The SMILES string of the molecule is CN1CCCCC1CCNC1CCC(Cl)CC1. The van der Waals surface area contributed by atoms with Crippen LogP contribution < -0.4 is 5.32 Å². The van der Waals surface area contributed by atoms with E-state index in [-0.39, 0.29) is 0 Å². The molecule has 1 aliphatic heterocycles. The average molecular weight is 259 g/mol. The molecule has 0 radical (unpaired) electrons. The lowest BCUT2D eigenvalue weighted by Gasteiger charge is -2.33. The summed E-state index contributed by atoms with van der Waals surface area (Å²) in [5.74, 6) is 0. The van der Waals surface area contributed by atoms with Gasteiger partial charge in [0.1, 0.15) is 0 Å². The van der Waals surface area contributed by atoms with Crippen LogP contribution in [0.1, 0.15) is 51.4 Å². The summed E-state index contributed by atoms with van der Waals surface area (Å²) in [7, 11) is 2.28. The van der Waals surface area contributed by atoms with Gasteiger partial charge in [0, 0.05) is 17.5 Å². The molecule has 2 rings (SSSR count). The van der Waals surface area contributed by atoms with Crippen molar-refractivity contribution in [1.82, 2.24) is 10.2 Å². The lowest BCUT2D eigenvalue weighted by Crippen LogP contribution is -2.40. The second-order valence-electron chi connectivity index (χ2n) is 5.82. The molecule has 3 heteroatoms. The zero-order valence-electron chi connectivity index (χ0n) is 11.1. The van der Waals surface area contributed by atoms with Crippen LogP contribution in [0.25, 0.3) is 0 Å². The minimum absolute atomic E-state index is 0.442. The molecular formula is C14H27ClN2. The van der Waals surface area contributed by atoms with Crippen molar-refractivity contribution < 1.29 is 0 Å². The predicted octanol–water partition coefficient (Wildman–Crippen LogP) is 3.00. The van der Waals surface area contributed by atoms with Crippen LogP contribution in [0.2, 0.25) is 0 Å². The molecule has 100 valence electrons. The fourth-order valence-corrected chi connectivity index (χ4v) is 3.47. The van der Waals surface area contributed by atoms with E-state index in [4.69, 9.17) is 11.6 Å². The van der Waals surface area contributed by atoms with Crippen LogP contribution in [-0.4, -0.2) is 42.5 Å². The van der Waals surface area contributed by atoms with Crippen LogP contribution in [0.3, 0.4) is 0 Å². The zero-order chi connectivity index (χ0) is 12.1. The summed E-state index contributed by atoms with van der Waals surface area (Å²) < 4.78 is 0. The average Bonchev–Trinajstić information content (AvgIpc) is 2.34. The van der Waals surface area contributed by atoms with Gasteiger partial charge in [-0.25, -0.2) is 0 Å². The molecule has 2 nitrogen and oxygen atoms in total. The van der Waals surface area contributed by atoms with Gasteiger partial charge >= 0.3 is 0 Å². The smallest absolute Gasteiger partial charge is 0.0337 e. The molecule has 0 aromatic rings. The maximum Gasteiger partial charge on any atom is 0.0337 e. The van der Waals surface area contributed by atoms with Crippen LogP contribution in [0, 0.1) is 0 Å². The number of halogens is 1. The first-order valence-corrected chi connectivity index (χ1v) is 7.77. The summed E-state index contributed by atoms with van der Waals surface area (Å²) in [6.07, 6.45) is 10.5. The Kier molecular flexibility index (Phi) is 5.58. The Morgan fingerprint density at radius 2 is 1.88 bits per heavy atom. The summed E-state index contributed by atoms with van der Waals surface area (Å²) in [5, 5.41) is 4.17. The molecule has 0 aromatic carbocycles. The van der Waals surface area contributed by atoms with Crippen LogP contribution in [0.4, 0.5) is 0 Å². The molecule has 1 saturated carbocycles. The van der Waals surface area contributed by atoms with Gasteiger partial charge in [0.05, 0.1) is 0 Å². The second kappa shape index (κ2) is 6.96. The van der Waals surface area contributed by atoms with E-state index in [9.17, 15) is 0 Å². The fraction of sp³-hybridized carbons (Fsp3) is 1.00. The molecule has 1 unspecified atom stereocenters. The standard InChI is InChI=1S/C14H27ClN2/c1-17-11-3-2-4-14(17)9-10-16-13-7-5-12(15)6-8-13/h12-14,16H,2-11H2,1H3. The lowest BCUT2D eigenvalue weighted by molar-refractivity contribution is 0.173. The van der Waals surface area contributed by atoms with Crippen molar-refractivity contribution in [2.24, 2.45) is 0 Å². The van der Waals surface area contributed by atoms with E-state index in [2.05, 4.69) is 17.3 Å². The van der Waals surface area contributed by atoms with E-state index in [0.29, 0.717) is 5.38 Å². The first-order valence-electron chi connectivity index (χ1n) is 7.33. The number of nitrogens with one attached hydrogen (secondary N) is 1. The van der Waals surface area contributed by atoms with E-state index < -0.39 is 0 Å². The third-order valence-corrected chi connectivity index (χ3v) is 4.93. The number of hydrogen-bond donors (Lipinski definition) is 1. The summed E-state index contributed by atoms with van der Waals surface area (Å²) in [6, 6.07) is 1.56. The maximum atomic E-state index is 6.12. The van der Waals surface area contributed by atoms with E-state index in [1.165, 1.54) is 64.5 Å². The maximum absolute atomic E-state index is 6.12. The molecule has 0 aromatic heterocycles. The predicted molar refractivity (Wildman–Crippen MR) is 74.8 cm³/mol. The van der Waals surface area contributed by atoms with Crippen molar-refractivity contribution >= 4 is 11.6 Å². The van der Waals surface area contributed by atoms with Crippen LogP contribution in [-0.2, 0) is 0 Å². The van der Waals surface area contributed by atoms with Gasteiger partial charge in [0.15, 0.2) is 0 Å². The van der Waals surface area contributed by atoms with Gasteiger partial charge < -0.3 is 10.2 Å². The van der Waals surface area contributed by atoms with Crippen LogP contribution in [0.5, 0.6) is 0 Å². The van der Waals surface area contributed by atoms with Crippen molar-refractivity contribution in [3.63, 3.8) is 0 Å². The molecule has 1 heterocycles. The van der Waals surface area contributed by atoms with Crippen LogP contribution in [0.15, 0.2) is 0 Å². The number of rotatable bonds is 4. The Bertz CT molecular complexity index is 214. The number of likely N-dealkylation sites (tertiary alicyclic amines) is 1. The fourth-order valence-electron chi connectivity index (χ4n) is 3.22. The van der Waals surface area contributed by atoms with E-state index in [1.54, 1.807) is 0 Å². The first-order chi connectivity index (χ1) is 8.25. The van der Waals surface area contributed by atoms with Gasteiger partial charge in [-0.05, 0) is 65.1 Å². The van der Waals surface area contributed by atoms with Crippen molar-refractivity contribution in [3.8, 4) is 0 Å². The molecular weight excluding hydrogens is 232 g/mol. The molecule has 2 aliphatic rings. The van der Waals surface area contributed by atoms with Gasteiger partial charge in [0.2, 0.25) is 0 Å². The molecule has 0 amide bonds. The van der Waals surface area contributed by atoms with Crippen molar-refractivity contribution in [2.75, 3.05) is 20.1 Å². The third kappa shape index (κ3) is 4.42. The Labute approximate surface area is 111 Å². The highest BCUT2D eigenvalue weighted by molar-refractivity contribution is 6.20. The Hall–Kier alpha value is 0.210. The van der Waals surface area contributed by atoms with Gasteiger partial charge in [-0.2, -0.15) is 0 Å². The summed E-state index contributed by atoms with van der Waals surface area (Å²) >= 11 is 6.12. The van der Waals surface area contributed by atoms with Crippen molar-refractivity contribution in [2.45, 2.75) is 68.8 Å². The number of piperidine rings is 1. The van der Waals surface area contributed by atoms with Crippen LogP contribution >= 0.6 is 11.6 Å². The highest BCUT2D eigenvalue weighted by atomic mass is 35.5. The van der Waals surface area contributed by atoms with Gasteiger partial charge in [0.25, 0.3) is 0 Å². The van der Waals surface area contributed by atoms with Crippen molar-refractivity contribution in [1.29, 1.82) is 0 Å². The normalized spacial score (nSPS) is 36.0. The molecule has 1 saturated heterocycles. The van der Waals surface area contributed by atoms with Gasteiger partial charge in [-0.3, -0.25) is 0 Å². The third-order valence-electron chi connectivity index (χ3n) is 4.49. The number of hydrogen-bond acceptors (Lipinski definition) is 2. The molecule has 0 bridgehead atoms. The minimum atomic E-state index is 0.442. The second-order valence-corrected chi connectivity index (χ2v) is 6.44. The lowest BCUT2D eigenvalue weighted by atomic mass is 9.94. The highest BCUT2D eigenvalue weighted by Crippen LogP contribution is 2.23. The van der Waals surface area contributed by atoms with Crippen molar-refractivity contribution in [3.05, 3.63) is 0 Å². The van der Waals surface area contributed by atoms with E-state index in [0.717, 1.165) is 12.1 Å². The Morgan fingerprint density at radius 3 is 2.59 bits per heavy atom. The topological polar surface area (TPSA) is 15.3 Å². The summed E-state index contributed by atoms with van der Waals surface area (Å²) in [5.41, 5.74) is 0. The minimum Gasteiger partial charge on any atom is -0.314 e. The Morgan fingerprint density at radius 1 is 1.12 bits per heavy atom. The summed E-state index contributed by atoms with van der Waals surface area (Å²) in [6.45, 7) is 2.48. The van der Waals surface area contributed by atoms with E-state index >= 15 is 0 Å². The summed E-state index contributed by atoms with van der Waals surface area (Å²) in [4.78, 5) is 2.54.